The second-order valence-electron chi connectivity index (χ2n) is 2.97. The van der Waals surface area contributed by atoms with E-state index in [9.17, 15) is 0 Å². The molecule has 72 valence electrons. The van der Waals surface area contributed by atoms with Crippen LogP contribution in [-0.2, 0) is 0 Å². The first-order chi connectivity index (χ1) is 6.13. The van der Waals surface area contributed by atoms with E-state index in [0.29, 0.717) is 17.6 Å². The van der Waals surface area contributed by atoms with Crippen LogP contribution in [0.1, 0.15) is 32.5 Å². The summed E-state index contributed by atoms with van der Waals surface area (Å²) in [5.41, 5.74) is 0. The number of halogens is 1. The SMILES string of the molecule is CCOc1cc(Cl)nc(C(C)C)n1. The summed E-state index contributed by atoms with van der Waals surface area (Å²) < 4.78 is 5.24. The first-order valence-electron chi connectivity index (χ1n) is 4.30. The lowest BCUT2D eigenvalue weighted by Crippen LogP contribution is -2.01. The van der Waals surface area contributed by atoms with Crippen LogP contribution in [0.15, 0.2) is 6.07 Å². The smallest absolute Gasteiger partial charge is 0.218 e. The topological polar surface area (TPSA) is 35.0 Å². The van der Waals surface area contributed by atoms with Crippen LogP contribution < -0.4 is 4.74 Å². The summed E-state index contributed by atoms with van der Waals surface area (Å²) in [6.45, 7) is 6.53. The van der Waals surface area contributed by atoms with Crippen molar-refractivity contribution in [1.82, 2.24) is 9.97 Å². The third-order valence-corrected chi connectivity index (χ3v) is 1.69. The minimum Gasteiger partial charge on any atom is -0.478 e. The van der Waals surface area contributed by atoms with Crippen molar-refractivity contribution in [2.75, 3.05) is 6.61 Å². The second kappa shape index (κ2) is 4.42. The Morgan fingerprint density at radius 2 is 2.15 bits per heavy atom. The van der Waals surface area contributed by atoms with E-state index in [-0.39, 0.29) is 5.92 Å². The van der Waals surface area contributed by atoms with Gasteiger partial charge in [-0.15, -0.1) is 0 Å². The van der Waals surface area contributed by atoms with Gasteiger partial charge in [0.05, 0.1) is 6.61 Å². The molecule has 0 radical (unpaired) electrons. The van der Waals surface area contributed by atoms with Crippen molar-refractivity contribution in [2.24, 2.45) is 0 Å². The molecule has 1 heterocycles. The van der Waals surface area contributed by atoms with Crippen molar-refractivity contribution in [1.29, 1.82) is 0 Å². The van der Waals surface area contributed by atoms with Crippen LogP contribution in [0.4, 0.5) is 0 Å². The van der Waals surface area contributed by atoms with Gasteiger partial charge in [-0.05, 0) is 6.92 Å². The molecule has 1 aromatic heterocycles. The summed E-state index contributed by atoms with van der Waals surface area (Å²) in [6, 6.07) is 1.62. The van der Waals surface area contributed by atoms with Gasteiger partial charge in [0, 0.05) is 12.0 Å². The highest BCUT2D eigenvalue weighted by Crippen LogP contribution is 2.18. The molecular formula is C9H13ClN2O. The van der Waals surface area contributed by atoms with Crippen LogP contribution in [0.2, 0.25) is 5.15 Å². The Morgan fingerprint density at radius 1 is 1.46 bits per heavy atom. The monoisotopic (exact) mass is 200 g/mol. The van der Waals surface area contributed by atoms with Gasteiger partial charge in [0.15, 0.2) is 0 Å². The molecule has 13 heavy (non-hydrogen) atoms. The molecule has 0 saturated carbocycles. The van der Waals surface area contributed by atoms with Gasteiger partial charge in [-0.2, -0.15) is 4.98 Å². The average Bonchev–Trinajstić information content (AvgIpc) is 2.03. The summed E-state index contributed by atoms with van der Waals surface area (Å²) in [4.78, 5) is 8.29. The zero-order valence-corrected chi connectivity index (χ0v) is 8.80. The Balaban J connectivity index is 2.96. The normalized spacial score (nSPS) is 10.5. The highest BCUT2D eigenvalue weighted by molar-refractivity contribution is 6.29. The predicted molar refractivity (Wildman–Crippen MR) is 52.3 cm³/mol. The molecule has 3 nitrogen and oxygen atoms in total. The van der Waals surface area contributed by atoms with Crippen molar-refractivity contribution in [3.8, 4) is 5.88 Å². The van der Waals surface area contributed by atoms with E-state index < -0.39 is 0 Å². The molecule has 0 saturated heterocycles. The first-order valence-corrected chi connectivity index (χ1v) is 4.68. The molecule has 0 amide bonds. The first kappa shape index (κ1) is 10.3. The molecule has 1 aromatic rings. The van der Waals surface area contributed by atoms with E-state index in [1.807, 2.05) is 20.8 Å². The molecule has 0 atom stereocenters. The van der Waals surface area contributed by atoms with E-state index >= 15 is 0 Å². The zero-order valence-electron chi connectivity index (χ0n) is 8.04. The Bertz CT molecular complexity index is 289. The van der Waals surface area contributed by atoms with Crippen LogP contribution in [-0.4, -0.2) is 16.6 Å². The van der Waals surface area contributed by atoms with Gasteiger partial charge in [0.25, 0.3) is 0 Å². The van der Waals surface area contributed by atoms with Gasteiger partial charge in [-0.3, -0.25) is 0 Å². The van der Waals surface area contributed by atoms with E-state index in [0.717, 1.165) is 5.82 Å². The third kappa shape index (κ3) is 2.84. The molecular weight excluding hydrogens is 188 g/mol. The fourth-order valence-electron chi connectivity index (χ4n) is 0.894. The lowest BCUT2D eigenvalue weighted by Gasteiger charge is -2.07. The summed E-state index contributed by atoms with van der Waals surface area (Å²) in [7, 11) is 0. The average molecular weight is 201 g/mol. The number of ether oxygens (including phenoxy) is 1. The third-order valence-electron chi connectivity index (χ3n) is 1.50. The van der Waals surface area contributed by atoms with Gasteiger partial charge in [-0.25, -0.2) is 4.98 Å². The molecule has 0 aromatic carbocycles. The largest absolute Gasteiger partial charge is 0.478 e. The zero-order chi connectivity index (χ0) is 9.84. The highest BCUT2D eigenvalue weighted by Gasteiger charge is 2.06. The molecule has 0 spiro atoms. The van der Waals surface area contributed by atoms with Crippen molar-refractivity contribution < 1.29 is 4.74 Å². The van der Waals surface area contributed by atoms with E-state index in [1.165, 1.54) is 0 Å². The molecule has 0 aliphatic heterocycles. The van der Waals surface area contributed by atoms with Crippen molar-refractivity contribution >= 4 is 11.6 Å². The molecule has 0 aliphatic rings. The van der Waals surface area contributed by atoms with Gasteiger partial charge in [0.2, 0.25) is 5.88 Å². The molecule has 1 rings (SSSR count). The number of hydrogen-bond donors (Lipinski definition) is 0. The quantitative estimate of drug-likeness (QED) is 0.704. The van der Waals surface area contributed by atoms with Gasteiger partial charge < -0.3 is 4.74 Å². The maximum atomic E-state index is 5.80. The van der Waals surface area contributed by atoms with Crippen LogP contribution in [0.3, 0.4) is 0 Å². The van der Waals surface area contributed by atoms with E-state index in [2.05, 4.69) is 9.97 Å². The number of hydrogen-bond acceptors (Lipinski definition) is 3. The summed E-state index contributed by atoms with van der Waals surface area (Å²) in [5, 5.41) is 0.433. The summed E-state index contributed by atoms with van der Waals surface area (Å²) in [5.74, 6) is 1.53. The van der Waals surface area contributed by atoms with Crippen molar-refractivity contribution in [3.63, 3.8) is 0 Å². The van der Waals surface area contributed by atoms with Crippen LogP contribution in [0.25, 0.3) is 0 Å². The minimum atomic E-state index is 0.262. The molecule has 4 heteroatoms. The van der Waals surface area contributed by atoms with Crippen molar-refractivity contribution in [2.45, 2.75) is 26.7 Å². The molecule has 0 unspecified atom stereocenters. The van der Waals surface area contributed by atoms with Crippen LogP contribution in [0.5, 0.6) is 5.88 Å². The van der Waals surface area contributed by atoms with E-state index in [4.69, 9.17) is 16.3 Å². The Hall–Kier alpha value is -0.830. The fraction of sp³-hybridized carbons (Fsp3) is 0.556. The summed E-state index contributed by atoms with van der Waals surface area (Å²) in [6.07, 6.45) is 0. The maximum Gasteiger partial charge on any atom is 0.218 e. The molecule has 0 N–H and O–H groups in total. The Kier molecular flexibility index (Phi) is 3.48. The van der Waals surface area contributed by atoms with E-state index in [1.54, 1.807) is 6.07 Å². The lowest BCUT2D eigenvalue weighted by atomic mass is 10.2. The standard InChI is InChI=1S/C9H13ClN2O/c1-4-13-8-5-7(10)11-9(12-8)6(2)3/h5-6H,4H2,1-3H3. The minimum absolute atomic E-state index is 0.262. The number of nitrogens with zero attached hydrogens (tertiary/aromatic N) is 2. The van der Waals surface area contributed by atoms with Crippen molar-refractivity contribution in [3.05, 3.63) is 17.0 Å². The molecule has 0 fully saturated rings. The lowest BCUT2D eigenvalue weighted by molar-refractivity contribution is 0.324. The van der Waals surface area contributed by atoms with Gasteiger partial charge in [-0.1, -0.05) is 25.4 Å². The number of aromatic nitrogens is 2. The van der Waals surface area contributed by atoms with Crippen LogP contribution >= 0.6 is 11.6 Å². The fourth-order valence-corrected chi connectivity index (χ4v) is 1.07. The highest BCUT2D eigenvalue weighted by atomic mass is 35.5. The van der Waals surface area contributed by atoms with Gasteiger partial charge in [0.1, 0.15) is 11.0 Å². The summed E-state index contributed by atoms with van der Waals surface area (Å²) >= 11 is 5.80. The Labute approximate surface area is 83.1 Å². The van der Waals surface area contributed by atoms with Gasteiger partial charge >= 0.3 is 0 Å². The second-order valence-corrected chi connectivity index (χ2v) is 3.36. The van der Waals surface area contributed by atoms with Crippen LogP contribution in [0, 0.1) is 0 Å². The predicted octanol–water partition coefficient (Wildman–Crippen LogP) is 2.65. The number of rotatable bonds is 3. The molecule has 0 aliphatic carbocycles. The Morgan fingerprint density at radius 3 is 2.69 bits per heavy atom. The maximum absolute atomic E-state index is 5.80. The molecule has 0 bridgehead atoms.